The van der Waals surface area contributed by atoms with Gasteiger partial charge in [-0.15, -0.1) is 0 Å². The molecule has 33 heavy (non-hydrogen) atoms. The number of H-pyrrole nitrogens is 1. The van der Waals surface area contributed by atoms with Crippen LogP contribution in [0.5, 0.6) is 5.75 Å². The van der Waals surface area contributed by atoms with Crippen molar-refractivity contribution in [3.63, 3.8) is 0 Å². The second-order valence-corrected chi connectivity index (χ2v) is 6.70. The minimum Gasteiger partial charge on any atom is -0.491 e. The highest BCUT2D eigenvalue weighted by Gasteiger charge is 2.33. The predicted molar refractivity (Wildman–Crippen MR) is 115 cm³/mol. The maximum absolute atomic E-state index is 12.9. The van der Waals surface area contributed by atoms with E-state index in [2.05, 4.69) is 32.4 Å². The number of benzene rings is 2. The summed E-state index contributed by atoms with van der Waals surface area (Å²) >= 11 is 0. The molecular weight excluding hydrogens is 437 g/mol. The van der Waals surface area contributed by atoms with E-state index in [1.807, 2.05) is 6.07 Å². The van der Waals surface area contributed by atoms with E-state index in [0.29, 0.717) is 42.4 Å². The summed E-state index contributed by atoms with van der Waals surface area (Å²) in [5.41, 5.74) is 0.190. The van der Waals surface area contributed by atoms with Gasteiger partial charge in [0.25, 0.3) is 0 Å². The molecule has 0 saturated carbocycles. The summed E-state index contributed by atoms with van der Waals surface area (Å²) in [5, 5.41) is 5.11. The molecule has 0 fully saturated rings. The number of aromatic nitrogens is 2. The molecule has 1 heterocycles. The van der Waals surface area contributed by atoms with E-state index in [9.17, 15) is 22.8 Å². The molecular formula is C23H19F3N4O3. The molecule has 0 aliphatic rings. The highest BCUT2D eigenvalue weighted by atomic mass is 19.4. The SMILES string of the molecule is O=CNCCCOc1ccc(-c2ncc(C(F)(F)F)[nH]2)cc1NC(=O)C#Cc1ccccc1. The number of carbonyl (C=O) groups excluding carboxylic acids is 2. The predicted octanol–water partition coefficient (Wildman–Crippen LogP) is 3.60. The van der Waals surface area contributed by atoms with Crippen LogP contribution in [0.3, 0.4) is 0 Å². The molecule has 2 amide bonds. The number of imidazole rings is 1. The smallest absolute Gasteiger partial charge is 0.432 e. The Kier molecular flexibility index (Phi) is 7.70. The van der Waals surface area contributed by atoms with Gasteiger partial charge in [-0.1, -0.05) is 24.1 Å². The molecule has 10 heteroatoms. The number of aromatic amines is 1. The maximum atomic E-state index is 12.9. The number of halogens is 3. The van der Waals surface area contributed by atoms with Crippen LogP contribution in [-0.4, -0.2) is 35.4 Å². The molecule has 0 spiro atoms. The van der Waals surface area contributed by atoms with E-state index in [-0.39, 0.29) is 18.1 Å². The van der Waals surface area contributed by atoms with Gasteiger partial charge in [0.05, 0.1) is 18.5 Å². The average Bonchev–Trinajstić information content (AvgIpc) is 3.30. The number of anilines is 1. The fraction of sp³-hybridized carbons (Fsp3) is 0.174. The van der Waals surface area contributed by atoms with Crippen molar-refractivity contribution in [1.82, 2.24) is 15.3 Å². The van der Waals surface area contributed by atoms with Crippen LogP contribution in [0.15, 0.2) is 54.7 Å². The Labute approximate surface area is 187 Å². The van der Waals surface area contributed by atoms with Crippen LogP contribution in [-0.2, 0) is 15.8 Å². The van der Waals surface area contributed by atoms with Crippen molar-refractivity contribution in [3.8, 4) is 29.0 Å². The molecule has 3 N–H and O–H groups in total. The van der Waals surface area contributed by atoms with Crippen molar-refractivity contribution < 1.29 is 27.5 Å². The molecule has 0 aliphatic carbocycles. The Morgan fingerprint density at radius 3 is 2.67 bits per heavy atom. The standard InChI is InChI=1S/C23H19F3N4O3/c24-23(25,26)20-14-28-22(30-20)17-8-9-19(33-12-4-11-27-15-31)18(13-17)29-21(32)10-7-16-5-2-1-3-6-16/h1-3,5-6,8-9,13-15H,4,11-12H2,(H,27,31)(H,28,30)(H,29,32). The Balaban J connectivity index is 1.82. The topological polar surface area (TPSA) is 96.1 Å². The zero-order valence-electron chi connectivity index (χ0n) is 17.2. The van der Waals surface area contributed by atoms with Gasteiger partial charge in [0.15, 0.2) is 0 Å². The van der Waals surface area contributed by atoms with Gasteiger partial charge in [0, 0.05) is 23.6 Å². The summed E-state index contributed by atoms with van der Waals surface area (Å²) in [6.07, 6.45) is -2.78. The second-order valence-electron chi connectivity index (χ2n) is 6.70. The molecule has 0 unspecified atom stereocenters. The van der Waals surface area contributed by atoms with E-state index < -0.39 is 17.8 Å². The third-order valence-corrected chi connectivity index (χ3v) is 4.28. The van der Waals surface area contributed by atoms with E-state index in [4.69, 9.17) is 4.74 Å². The van der Waals surface area contributed by atoms with Crippen molar-refractivity contribution in [2.24, 2.45) is 0 Å². The molecule has 3 aromatic rings. The van der Waals surface area contributed by atoms with Gasteiger partial charge in [-0.05, 0) is 36.8 Å². The van der Waals surface area contributed by atoms with Crippen LogP contribution in [0.2, 0.25) is 0 Å². The number of carbonyl (C=O) groups is 2. The lowest BCUT2D eigenvalue weighted by Crippen LogP contribution is -2.15. The van der Waals surface area contributed by atoms with Crippen LogP contribution in [0.1, 0.15) is 17.7 Å². The summed E-state index contributed by atoms with van der Waals surface area (Å²) < 4.78 is 44.4. The lowest BCUT2D eigenvalue weighted by molar-refractivity contribution is -0.140. The molecule has 0 bridgehead atoms. The molecule has 0 atom stereocenters. The Bertz CT molecular complexity index is 1160. The van der Waals surface area contributed by atoms with Gasteiger partial charge < -0.3 is 20.4 Å². The van der Waals surface area contributed by atoms with E-state index >= 15 is 0 Å². The van der Waals surface area contributed by atoms with Crippen LogP contribution >= 0.6 is 0 Å². The highest BCUT2D eigenvalue weighted by Crippen LogP contribution is 2.32. The first kappa shape index (κ1) is 23.4. The van der Waals surface area contributed by atoms with E-state index in [1.165, 1.54) is 18.2 Å². The van der Waals surface area contributed by atoms with Crippen LogP contribution in [0, 0.1) is 11.8 Å². The lowest BCUT2D eigenvalue weighted by atomic mass is 10.1. The third-order valence-electron chi connectivity index (χ3n) is 4.28. The average molecular weight is 456 g/mol. The lowest BCUT2D eigenvalue weighted by Gasteiger charge is -2.13. The molecule has 2 aromatic carbocycles. The Hall–Kier alpha value is -4.26. The zero-order chi connectivity index (χ0) is 23.7. The quantitative estimate of drug-likeness (QED) is 0.274. The number of nitrogens with one attached hydrogen (secondary N) is 3. The Morgan fingerprint density at radius 1 is 1.18 bits per heavy atom. The second kappa shape index (κ2) is 10.9. The van der Waals surface area contributed by atoms with Crippen LogP contribution in [0.4, 0.5) is 18.9 Å². The minimum absolute atomic E-state index is 0.0186. The van der Waals surface area contributed by atoms with Gasteiger partial charge in [-0.2, -0.15) is 13.2 Å². The minimum atomic E-state index is -4.56. The number of nitrogens with zero attached hydrogens (tertiary/aromatic N) is 1. The largest absolute Gasteiger partial charge is 0.491 e. The molecule has 1 aromatic heterocycles. The molecule has 0 saturated heterocycles. The van der Waals surface area contributed by atoms with Gasteiger partial charge in [0.1, 0.15) is 17.3 Å². The fourth-order valence-corrected chi connectivity index (χ4v) is 2.73. The molecule has 0 radical (unpaired) electrons. The zero-order valence-corrected chi connectivity index (χ0v) is 17.2. The summed E-state index contributed by atoms with van der Waals surface area (Å²) in [6.45, 7) is 0.635. The Morgan fingerprint density at radius 2 is 1.97 bits per heavy atom. The number of alkyl halides is 3. The van der Waals surface area contributed by atoms with Crippen molar-refractivity contribution in [2.75, 3.05) is 18.5 Å². The molecule has 170 valence electrons. The van der Waals surface area contributed by atoms with Gasteiger partial charge in [0.2, 0.25) is 6.41 Å². The number of rotatable bonds is 8. The monoisotopic (exact) mass is 456 g/mol. The third kappa shape index (κ3) is 6.87. The first-order chi connectivity index (χ1) is 15.9. The molecule has 0 aliphatic heterocycles. The van der Waals surface area contributed by atoms with Gasteiger partial charge in [-0.25, -0.2) is 4.98 Å². The number of ether oxygens (including phenoxy) is 1. The van der Waals surface area contributed by atoms with Gasteiger partial charge in [-0.3, -0.25) is 9.59 Å². The summed E-state index contributed by atoms with van der Waals surface area (Å²) in [7, 11) is 0. The number of hydrogen-bond acceptors (Lipinski definition) is 4. The van der Waals surface area contributed by atoms with Crippen LogP contribution in [0.25, 0.3) is 11.4 Å². The van der Waals surface area contributed by atoms with Crippen molar-refractivity contribution >= 4 is 18.0 Å². The van der Waals surface area contributed by atoms with Crippen molar-refractivity contribution in [2.45, 2.75) is 12.6 Å². The van der Waals surface area contributed by atoms with E-state index in [0.717, 1.165) is 0 Å². The number of amides is 2. The van der Waals surface area contributed by atoms with Crippen LogP contribution < -0.4 is 15.4 Å². The van der Waals surface area contributed by atoms with Crippen molar-refractivity contribution in [3.05, 3.63) is 66.0 Å². The summed E-state index contributed by atoms with van der Waals surface area (Å²) in [4.78, 5) is 28.7. The normalized spacial score (nSPS) is 10.6. The summed E-state index contributed by atoms with van der Waals surface area (Å²) in [6, 6.07) is 13.4. The maximum Gasteiger partial charge on any atom is 0.432 e. The molecule has 3 rings (SSSR count). The fourth-order valence-electron chi connectivity index (χ4n) is 2.73. The van der Waals surface area contributed by atoms with Crippen molar-refractivity contribution in [1.29, 1.82) is 0 Å². The highest BCUT2D eigenvalue weighted by molar-refractivity contribution is 6.05. The molecule has 7 nitrogen and oxygen atoms in total. The summed E-state index contributed by atoms with van der Waals surface area (Å²) in [5.74, 6) is 4.84. The van der Waals surface area contributed by atoms with E-state index in [1.54, 1.807) is 24.3 Å². The first-order valence-electron chi connectivity index (χ1n) is 9.81. The number of hydrogen-bond donors (Lipinski definition) is 3. The van der Waals surface area contributed by atoms with Gasteiger partial charge >= 0.3 is 12.1 Å². The first-order valence-corrected chi connectivity index (χ1v) is 9.81.